The lowest BCUT2D eigenvalue weighted by atomic mass is 10.1. The maximum absolute atomic E-state index is 5.82. The van der Waals surface area contributed by atoms with Crippen molar-refractivity contribution in [2.75, 3.05) is 19.8 Å². The Kier molecular flexibility index (Phi) is 7.10. The molecule has 2 nitrogen and oxygen atoms in total. The van der Waals surface area contributed by atoms with Gasteiger partial charge in [0.25, 0.3) is 0 Å². The smallest absolute Gasteiger partial charge is 0.0994 e. The molecule has 1 heterocycles. The fourth-order valence-corrected chi connectivity index (χ4v) is 2.76. The Morgan fingerprint density at radius 3 is 2.35 bits per heavy atom. The summed E-state index contributed by atoms with van der Waals surface area (Å²) in [6.07, 6.45) is 9.19. The first-order valence-corrected chi connectivity index (χ1v) is 8.26. The summed E-state index contributed by atoms with van der Waals surface area (Å²) in [7, 11) is 0. The molecule has 0 bridgehead atoms. The van der Waals surface area contributed by atoms with Gasteiger partial charge in [0.05, 0.1) is 13.3 Å². The standard InChI is InChI=1S/C18H29NO/c1-2-3-5-8-17-9-11-18(12-10-17)15-20-16-19-13-6-4-7-14-19/h9-12H,2-8,13-16H2,1H3. The average molecular weight is 275 g/mol. The number of hydrogen-bond donors (Lipinski definition) is 0. The molecule has 0 unspecified atom stereocenters. The Hall–Kier alpha value is -0.860. The highest BCUT2D eigenvalue weighted by atomic mass is 16.5. The quantitative estimate of drug-likeness (QED) is 0.653. The van der Waals surface area contributed by atoms with Crippen LogP contribution in [0, 0.1) is 0 Å². The Morgan fingerprint density at radius 1 is 0.950 bits per heavy atom. The van der Waals surface area contributed by atoms with Crippen LogP contribution in [-0.2, 0) is 17.8 Å². The molecule has 1 aromatic rings. The van der Waals surface area contributed by atoms with E-state index in [2.05, 4.69) is 36.1 Å². The van der Waals surface area contributed by atoms with E-state index in [4.69, 9.17) is 4.74 Å². The summed E-state index contributed by atoms with van der Waals surface area (Å²) >= 11 is 0. The largest absolute Gasteiger partial charge is 0.361 e. The van der Waals surface area contributed by atoms with Crippen LogP contribution in [0.25, 0.3) is 0 Å². The number of piperidine rings is 1. The van der Waals surface area contributed by atoms with Gasteiger partial charge in [-0.3, -0.25) is 4.90 Å². The molecule has 0 amide bonds. The highest BCUT2D eigenvalue weighted by Gasteiger charge is 2.09. The van der Waals surface area contributed by atoms with E-state index in [1.165, 1.54) is 69.2 Å². The molecule has 0 spiro atoms. The van der Waals surface area contributed by atoms with Crippen molar-refractivity contribution in [2.45, 2.75) is 58.5 Å². The lowest BCUT2D eigenvalue weighted by molar-refractivity contribution is 0.00975. The van der Waals surface area contributed by atoms with Gasteiger partial charge in [0.15, 0.2) is 0 Å². The van der Waals surface area contributed by atoms with Gasteiger partial charge in [-0.15, -0.1) is 0 Å². The number of ether oxygens (including phenoxy) is 1. The molecule has 2 heteroatoms. The van der Waals surface area contributed by atoms with Crippen molar-refractivity contribution in [3.05, 3.63) is 35.4 Å². The van der Waals surface area contributed by atoms with Crippen LogP contribution in [0.15, 0.2) is 24.3 Å². The van der Waals surface area contributed by atoms with Crippen molar-refractivity contribution >= 4 is 0 Å². The fraction of sp³-hybridized carbons (Fsp3) is 0.667. The van der Waals surface area contributed by atoms with Crippen LogP contribution in [0.1, 0.15) is 56.6 Å². The first kappa shape index (κ1) is 15.5. The fourth-order valence-electron chi connectivity index (χ4n) is 2.76. The molecule has 1 aromatic carbocycles. The molecule has 0 aromatic heterocycles. The van der Waals surface area contributed by atoms with Gasteiger partial charge in [-0.05, 0) is 36.8 Å². The van der Waals surface area contributed by atoms with Gasteiger partial charge < -0.3 is 4.74 Å². The van der Waals surface area contributed by atoms with Crippen LogP contribution in [-0.4, -0.2) is 24.7 Å². The van der Waals surface area contributed by atoms with E-state index in [1.54, 1.807) is 0 Å². The predicted molar refractivity (Wildman–Crippen MR) is 84.8 cm³/mol. The molecule has 1 saturated heterocycles. The summed E-state index contributed by atoms with van der Waals surface area (Å²) in [6.45, 7) is 6.19. The van der Waals surface area contributed by atoms with E-state index >= 15 is 0 Å². The van der Waals surface area contributed by atoms with Crippen molar-refractivity contribution in [2.24, 2.45) is 0 Å². The summed E-state index contributed by atoms with van der Waals surface area (Å²) in [6, 6.07) is 8.96. The molecule has 1 aliphatic heterocycles. The third-order valence-corrected chi connectivity index (χ3v) is 4.08. The summed E-state index contributed by atoms with van der Waals surface area (Å²) in [5.41, 5.74) is 2.75. The lowest BCUT2D eigenvalue weighted by Gasteiger charge is -2.25. The predicted octanol–water partition coefficient (Wildman–Crippen LogP) is 4.38. The van der Waals surface area contributed by atoms with Crippen LogP contribution in [0.4, 0.5) is 0 Å². The van der Waals surface area contributed by atoms with Crippen molar-refractivity contribution in [1.29, 1.82) is 0 Å². The number of benzene rings is 1. The number of hydrogen-bond acceptors (Lipinski definition) is 2. The summed E-state index contributed by atoms with van der Waals surface area (Å²) in [5, 5.41) is 0. The molecular formula is C18H29NO. The molecule has 2 rings (SSSR count). The number of nitrogens with zero attached hydrogens (tertiary/aromatic N) is 1. The minimum Gasteiger partial charge on any atom is -0.361 e. The van der Waals surface area contributed by atoms with E-state index in [-0.39, 0.29) is 0 Å². The first-order valence-electron chi connectivity index (χ1n) is 8.26. The minimum absolute atomic E-state index is 0.742. The average Bonchev–Trinajstić information content (AvgIpc) is 2.50. The Labute approximate surface area is 124 Å². The Balaban J connectivity index is 1.65. The third-order valence-electron chi connectivity index (χ3n) is 4.08. The molecule has 0 saturated carbocycles. The zero-order chi connectivity index (χ0) is 14.0. The molecular weight excluding hydrogens is 246 g/mol. The van der Waals surface area contributed by atoms with Gasteiger partial charge in [-0.2, -0.15) is 0 Å². The van der Waals surface area contributed by atoms with Crippen molar-refractivity contribution < 1.29 is 4.74 Å². The molecule has 112 valence electrons. The zero-order valence-corrected chi connectivity index (χ0v) is 12.9. The monoisotopic (exact) mass is 275 g/mol. The number of aryl methyl sites for hydroxylation is 1. The molecule has 0 atom stereocenters. The van der Waals surface area contributed by atoms with Crippen LogP contribution in [0.2, 0.25) is 0 Å². The van der Waals surface area contributed by atoms with Gasteiger partial charge in [0, 0.05) is 13.1 Å². The summed E-state index contributed by atoms with van der Waals surface area (Å²) in [4.78, 5) is 2.42. The highest BCUT2D eigenvalue weighted by molar-refractivity contribution is 5.22. The minimum atomic E-state index is 0.742. The van der Waals surface area contributed by atoms with Gasteiger partial charge >= 0.3 is 0 Å². The normalized spacial score (nSPS) is 16.4. The van der Waals surface area contributed by atoms with E-state index < -0.39 is 0 Å². The zero-order valence-electron chi connectivity index (χ0n) is 12.9. The van der Waals surface area contributed by atoms with E-state index in [9.17, 15) is 0 Å². The molecule has 20 heavy (non-hydrogen) atoms. The van der Waals surface area contributed by atoms with Crippen LogP contribution < -0.4 is 0 Å². The van der Waals surface area contributed by atoms with Crippen molar-refractivity contribution in [3.8, 4) is 0 Å². The molecule has 0 N–H and O–H groups in total. The Bertz CT molecular complexity index is 354. The maximum atomic E-state index is 5.82. The van der Waals surface area contributed by atoms with Crippen molar-refractivity contribution in [3.63, 3.8) is 0 Å². The van der Waals surface area contributed by atoms with Gasteiger partial charge in [-0.25, -0.2) is 0 Å². The van der Waals surface area contributed by atoms with Gasteiger partial charge in [-0.1, -0.05) is 50.5 Å². The first-order chi connectivity index (χ1) is 9.88. The van der Waals surface area contributed by atoms with Gasteiger partial charge in [0.1, 0.15) is 0 Å². The van der Waals surface area contributed by atoms with Crippen LogP contribution in [0.3, 0.4) is 0 Å². The second-order valence-electron chi connectivity index (χ2n) is 5.93. The summed E-state index contributed by atoms with van der Waals surface area (Å²) < 4.78 is 5.82. The van der Waals surface area contributed by atoms with Crippen LogP contribution in [0.5, 0.6) is 0 Å². The molecule has 0 radical (unpaired) electrons. The molecule has 0 aliphatic carbocycles. The van der Waals surface area contributed by atoms with Crippen molar-refractivity contribution in [1.82, 2.24) is 4.90 Å². The van der Waals surface area contributed by atoms with Crippen LogP contribution >= 0.6 is 0 Å². The molecule has 1 fully saturated rings. The van der Waals surface area contributed by atoms with Gasteiger partial charge in [0.2, 0.25) is 0 Å². The maximum Gasteiger partial charge on any atom is 0.0994 e. The SMILES string of the molecule is CCCCCc1ccc(COCN2CCCCC2)cc1. The number of rotatable bonds is 8. The number of likely N-dealkylation sites (tertiary alicyclic amines) is 1. The number of unbranched alkanes of at least 4 members (excludes halogenated alkanes) is 2. The van der Waals surface area contributed by atoms with E-state index in [0.29, 0.717) is 0 Å². The van der Waals surface area contributed by atoms with E-state index in [1.807, 2.05) is 0 Å². The Morgan fingerprint density at radius 2 is 1.65 bits per heavy atom. The van der Waals surface area contributed by atoms with E-state index in [0.717, 1.165) is 13.3 Å². The lowest BCUT2D eigenvalue weighted by Crippen LogP contribution is -2.31. The summed E-state index contributed by atoms with van der Waals surface area (Å²) in [5.74, 6) is 0. The highest BCUT2D eigenvalue weighted by Crippen LogP contribution is 2.11. The second-order valence-corrected chi connectivity index (χ2v) is 5.93. The third kappa shape index (κ3) is 5.64. The molecule has 1 aliphatic rings. The second kappa shape index (κ2) is 9.15. The topological polar surface area (TPSA) is 12.5 Å².